The number of morpholine rings is 1. The maximum atomic E-state index is 13.2. The van der Waals surface area contributed by atoms with Gasteiger partial charge in [-0.2, -0.15) is 0 Å². The lowest BCUT2D eigenvalue weighted by Gasteiger charge is -2.29. The number of carbonyl (C=O) groups is 1. The molecule has 2 heterocycles. The van der Waals surface area contributed by atoms with Crippen LogP contribution in [-0.2, 0) is 11.2 Å². The predicted octanol–water partition coefficient (Wildman–Crippen LogP) is 2.03. The number of ether oxygens (including phenoxy) is 1. The van der Waals surface area contributed by atoms with E-state index in [2.05, 4.69) is 15.2 Å². The maximum absolute atomic E-state index is 13.2. The summed E-state index contributed by atoms with van der Waals surface area (Å²) in [5.41, 5.74) is 1.41. The third-order valence-corrected chi connectivity index (χ3v) is 3.93. The molecule has 1 aromatic heterocycles. The highest BCUT2D eigenvalue weighted by Crippen LogP contribution is 2.18. The van der Waals surface area contributed by atoms with Gasteiger partial charge in [0.1, 0.15) is 11.6 Å². The first-order valence-electron chi connectivity index (χ1n) is 8.04. The number of hydrogen-bond acceptors (Lipinski definition) is 4. The van der Waals surface area contributed by atoms with Crippen LogP contribution >= 0.6 is 0 Å². The van der Waals surface area contributed by atoms with Crippen molar-refractivity contribution in [3.05, 3.63) is 59.5 Å². The summed E-state index contributed by atoms with van der Waals surface area (Å²) in [7, 11) is 0. The molecule has 0 atom stereocenters. The highest BCUT2D eigenvalue weighted by atomic mass is 19.1. The van der Waals surface area contributed by atoms with Crippen LogP contribution in [0.1, 0.15) is 15.9 Å². The number of amides is 1. The Hall–Kier alpha value is -2.47. The first kappa shape index (κ1) is 16.4. The number of nitrogens with one attached hydrogen (secondary N) is 1. The summed E-state index contributed by atoms with van der Waals surface area (Å²) in [5, 5.41) is 2.89. The van der Waals surface area contributed by atoms with E-state index in [1.807, 2.05) is 6.07 Å². The van der Waals surface area contributed by atoms with Gasteiger partial charge in [-0.15, -0.1) is 0 Å². The van der Waals surface area contributed by atoms with E-state index >= 15 is 0 Å². The SMILES string of the molecule is O=C(NCCc1cccc(F)c1)c1cccnc1N1CCOCC1. The lowest BCUT2D eigenvalue weighted by Crippen LogP contribution is -2.38. The molecule has 1 amide bonds. The Morgan fingerprint density at radius 3 is 2.88 bits per heavy atom. The zero-order chi connectivity index (χ0) is 16.8. The van der Waals surface area contributed by atoms with Gasteiger partial charge in [-0.25, -0.2) is 9.37 Å². The third-order valence-electron chi connectivity index (χ3n) is 3.93. The second kappa shape index (κ2) is 7.88. The fraction of sp³-hybridized carbons (Fsp3) is 0.333. The molecule has 1 fully saturated rings. The number of aromatic nitrogens is 1. The number of nitrogens with zero attached hydrogens (tertiary/aromatic N) is 2. The van der Waals surface area contributed by atoms with E-state index in [0.29, 0.717) is 37.6 Å². The zero-order valence-corrected chi connectivity index (χ0v) is 13.4. The summed E-state index contributed by atoms with van der Waals surface area (Å²) in [6.45, 7) is 3.16. The maximum Gasteiger partial charge on any atom is 0.255 e. The van der Waals surface area contributed by atoms with Crippen LogP contribution in [0.15, 0.2) is 42.6 Å². The minimum atomic E-state index is -0.263. The second-order valence-electron chi connectivity index (χ2n) is 5.61. The first-order chi connectivity index (χ1) is 11.7. The third kappa shape index (κ3) is 4.08. The topological polar surface area (TPSA) is 54.5 Å². The second-order valence-corrected chi connectivity index (χ2v) is 5.61. The molecule has 0 unspecified atom stereocenters. The van der Waals surface area contributed by atoms with Gasteiger partial charge < -0.3 is 15.0 Å². The van der Waals surface area contributed by atoms with E-state index in [9.17, 15) is 9.18 Å². The van der Waals surface area contributed by atoms with Gasteiger partial charge in [-0.05, 0) is 36.2 Å². The number of rotatable bonds is 5. The van der Waals surface area contributed by atoms with Gasteiger partial charge in [0.2, 0.25) is 0 Å². The molecule has 0 spiro atoms. The number of pyridine rings is 1. The molecule has 1 N–H and O–H groups in total. The number of hydrogen-bond donors (Lipinski definition) is 1. The fourth-order valence-corrected chi connectivity index (χ4v) is 2.71. The quantitative estimate of drug-likeness (QED) is 0.912. The van der Waals surface area contributed by atoms with Crippen molar-refractivity contribution in [2.24, 2.45) is 0 Å². The van der Waals surface area contributed by atoms with Crippen LogP contribution in [0.3, 0.4) is 0 Å². The lowest BCUT2D eigenvalue weighted by molar-refractivity contribution is 0.0952. The molecule has 0 aliphatic carbocycles. The molecular weight excluding hydrogens is 309 g/mol. The molecule has 0 bridgehead atoms. The van der Waals surface area contributed by atoms with Gasteiger partial charge in [0.25, 0.3) is 5.91 Å². The van der Waals surface area contributed by atoms with E-state index in [0.717, 1.165) is 18.7 Å². The van der Waals surface area contributed by atoms with Gasteiger partial charge in [0.05, 0.1) is 18.8 Å². The Kier molecular flexibility index (Phi) is 5.38. The van der Waals surface area contributed by atoms with Gasteiger partial charge in [-0.3, -0.25) is 4.79 Å². The average molecular weight is 329 g/mol. The molecule has 24 heavy (non-hydrogen) atoms. The normalized spacial score (nSPS) is 14.5. The number of anilines is 1. The number of carbonyl (C=O) groups excluding carboxylic acids is 1. The van der Waals surface area contributed by atoms with Crippen LogP contribution < -0.4 is 10.2 Å². The van der Waals surface area contributed by atoms with Gasteiger partial charge in [0, 0.05) is 25.8 Å². The van der Waals surface area contributed by atoms with Crippen molar-refractivity contribution in [3.8, 4) is 0 Å². The summed E-state index contributed by atoms with van der Waals surface area (Å²) in [6.07, 6.45) is 2.27. The first-order valence-corrected chi connectivity index (χ1v) is 8.04. The lowest BCUT2D eigenvalue weighted by atomic mass is 10.1. The molecule has 0 radical (unpaired) electrons. The number of halogens is 1. The van der Waals surface area contributed by atoms with Crippen LogP contribution in [0.4, 0.5) is 10.2 Å². The largest absolute Gasteiger partial charge is 0.378 e. The molecule has 5 nitrogen and oxygen atoms in total. The number of benzene rings is 1. The van der Waals surface area contributed by atoms with Crippen LogP contribution in [0, 0.1) is 5.82 Å². The van der Waals surface area contributed by atoms with Crippen molar-refractivity contribution >= 4 is 11.7 Å². The van der Waals surface area contributed by atoms with Crippen molar-refractivity contribution in [1.29, 1.82) is 0 Å². The van der Waals surface area contributed by atoms with Crippen molar-refractivity contribution in [2.45, 2.75) is 6.42 Å². The molecule has 1 aliphatic rings. The summed E-state index contributed by atoms with van der Waals surface area (Å²) in [5.74, 6) is 0.255. The van der Waals surface area contributed by atoms with Crippen molar-refractivity contribution < 1.29 is 13.9 Å². The molecule has 3 rings (SSSR count). The molecule has 1 aliphatic heterocycles. The summed E-state index contributed by atoms with van der Waals surface area (Å²) >= 11 is 0. The van der Waals surface area contributed by atoms with E-state index in [-0.39, 0.29) is 11.7 Å². The fourth-order valence-electron chi connectivity index (χ4n) is 2.71. The Bertz CT molecular complexity index is 702. The minimum Gasteiger partial charge on any atom is -0.378 e. The Balaban J connectivity index is 1.62. The van der Waals surface area contributed by atoms with Crippen molar-refractivity contribution in [1.82, 2.24) is 10.3 Å². The van der Waals surface area contributed by atoms with Crippen LogP contribution in [-0.4, -0.2) is 43.7 Å². The van der Waals surface area contributed by atoms with Crippen molar-refractivity contribution in [2.75, 3.05) is 37.7 Å². The molecule has 6 heteroatoms. The standard InChI is InChI=1S/C18H20FN3O2/c19-15-4-1-3-14(13-15)6-8-21-18(23)16-5-2-7-20-17(16)22-9-11-24-12-10-22/h1-5,7,13H,6,8-12H2,(H,21,23). The molecule has 1 aromatic carbocycles. The molecule has 126 valence electrons. The highest BCUT2D eigenvalue weighted by Gasteiger charge is 2.19. The van der Waals surface area contributed by atoms with Crippen LogP contribution in [0.2, 0.25) is 0 Å². The Morgan fingerprint density at radius 2 is 2.08 bits per heavy atom. The van der Waals surface area contributed by atoms with E-state index in [1.54, 1.807) is 24.4 Å². The zero-order valence-electron chi connectivity index (χ0n) is 13.4. The monoisotopic (exact) mass is 329 g/mol. The van der Waals surface area contributed by atoms with Gasteiger partial charge in [0.15, 0.2) is 0 Å². The minimum absolute atomic E-state index is 0.166. The Morgan fingerprint density at radius 1 is 1.25 bits per heavy atom. The van der Waals surface area contributed by atoms with Crippen LogP contribution in [0.25, 0.3) is 0 Å². The van der Waals surface area contributed by atoms with Crippen LogP contribution in [0.5, 0.6) is 0 Å². The molecule has 2 aromatic rings. The van der Waals surface area contributed by atoms with Gasteiger partial charge in [-0.1, -0.05) is 12.1 Å². The summed E-state index contributed by atoms with van der Waals surface area (Å²) < 4.78 is 18.5. The van der Waals surface area contributed by atoms with E-state index < -0.39 is 0 Å². The highest BCUT2D eigenvalue weighted by molar-refractivity contribution is 5.98. The van der Waals surface area contributed by atoms with E-state index in [4.69, 9.17) is 4.74 Å². The van der Waals surface area contributed by atoms with Gasteiger partial charge >= 0.3 is 0 Å². The predicted molar refractivity (Wildman–Crippen MR) is 89.7 cm³/mol. The summed E-state index contributed by atoms with van der Waals surface area (Å²) in [4.78, 5) is 18.9. The molecule has 1 saturated heterocycles. The molecule has 0 saturated carbocycles. The average Bonchev–Trinajstić information content (AvgIpc) is 2.62. The Labute approximate surface area is 140 Å². The smallest absolute Gasteiger partial charge is 0.255 e. The van der Waals surface area contributed by atoms with Crippen molar-refractivity contribution in [3.63, 3.8) is 0 Å². The molecular formula is C18H20FN3O2. The summed E-state index contributed by atoms with van der Waals surface area (Å²) in [6, 6.07) is 9.94. The van der Waals surface area contributed by atoms with E-state index in [1.165, 1.54) is 12.1 Å².